The SMILES string of the molecule is CCC1CCC1CCC(C)(C)C. The highest BCUT2D eigenvalue weighted by atomic mass is 14.3. The van der Waals surface area contributed by atoms with Crippen LogP contribution in [0.5, 0.6) is 0 Å². The third-order valence-corrected chi connectivity index (χ3v) is 3.36. The zero-order chi connectivity index (χ0) is 9.19. The highest BCUT2D eigenvalue weighted by Crippen LogP contribution is 2.41. The molecule has 0 aromatic heterocycles. The van der Waals surface area contributed by atoms with E-state index in [1.54, 1.807) is 0 Å². The number of hydrogen-bond acceptors (Lipinski definition) is 0. The van der Waals surface area contributed by atoms with Gasteiger partial charge in [0.05, 0.1) is 0 Å². The first kappa shape index (κ1) is 10.1. The molecule has 0 aliphatic heterocycles. The molecule has 1 aliphatic rings. The molecule has 0 bridgehead atoms. The highest BCUT2D eigenvalue weighted by molar-refractivity contribution is 4.80. The molecular formula is C12H24. The monoisotopic (exact) mass is 168 g/mol. The van der Waals surface area contributed by atoms with Gasteiger partial charge in [-0.25, -0.2) is 0 Å². The molecule has 1 aliphatic carbocycles. The molecule has 72 valence electrons. The van der Waals surface area contributed by atoms with Crippen molar-refractivity contribution in [3.8, 4) is 0 Å². The van der Waals surface area contributed by atoms with Crippen LogP contribution in [0.15, 0.2) is 0 Å². The maximum Gasteiger partial charge on any atom is -0.0383 e. The van der Waals surface area contributed by atoms with Gasteiger partial charge in [0.2, 0.25) is 0 Å². The summed E-state index contributed by atoms with van der Waals surface area (Å²) in [5.74, 6) is 2.15. The summed E-state index contributed by atoms with van der Waals surface area (Å²) in [6.45, 7) is 9.40. The van der Waals surface area contributed by atoms with Crippen LogP contribution in [0.4, 0.5) is 0 Å². The zero-order valence-electron chi connectivity index (χ0n) is 9.19. The third-order valence-electron chi connectivity index (χ3n) is 3.36. The van der Waals surface area contributed by atoms with Crippen molar-refractivity contribution in [3.63, 3.8) is 0 Å². The van der Waals surface area contributed by atoms with Crippen LogP contribution < -0.4 is 0 Å². The summed E-state index contributed by atoms with van der Waals surface area (Å²) in [6, 6.07) is 0. The van der Waals surface area contributed by atoms with Crippen molar-refractivity contribution in [3.05, 3.63) is 0 Å². The van der Waals surface area contributed by atoms with E-state index in [2.05, 4.69) is 27.7 Å². The summed E-state index contributed by atoms with van der Waals surface area (Å²) < 4.78 is 0. The van der Waals surface area contributed by atoms with E-state index in [0.29, 0.717) is 5.41 Å². The highest BCUT2D eigenvalue weighted by Gasteiger charge is 2.29. The Hall–Kier alpha value is 0. The van der Waals surface area contributed by atoms with E-state index in [9.17, 15) is 0 Å². The fraction of sp³-hybridized carbons (Fsp3) is 1.00. The first-order valence-electron chi connectivity index (χ1n) is 5.53. The topological polar surface area (TPSA) is 0 Å². The quantitative estimate of drug-likeness (QED) is 0.591. The predicted molar refractivity (Wildman–Crippen MR) is 55.2 cm³/mol. The van der Waals surface area contributed by atoms with Crippen molar-refractivity contribution < 1.29 is 0 Å². The molecule has 0 N–H and O–H groups in total. The van der Waals surface area contributed by atoms with Crippen molar-refractivity contribution in [1.29, 1.82) is 0 Å². The molecule has 0 heterocycles. The van der Waals surface area contributed by atoms with Crippen molar-refractivity contribution in [2.24, 2.45) is 17.3 Å². The maximum absolute atomic E-state index is 2.35. The Morgan fingerprint density at radius 1 is 1.08 bits per heavy atom. The standard InChI is InChI=1S/C12H24/c1-5-10-6-7-11(10)8-9-12(2,3)4/h10-11H,5-9H2,1-4H3. The molecule has 0 amide bonds. The van der Waals surface area contributed by atoms with E-state index < -0.39 is 0 Å². The van der Waals surface area contributed by atoms with E-state index in [1.807, 2.05) is 0 Å². The average molecular weight is 168 g/mol. The summed E-state index contributed by atoms with van der Waals surface area (Å²) >= 11 is 0. The molecule has 0 radical (unpaired) electrons. The lowest BCUT2D eigenvalue weighted by Crippen LogP contribution is -2.26. The molecule has 0 saturated heterocycles. The van der Waals surface area contributed by atoms with Crippen LogP contribution in [-0.4, -0.2) is 0 Å². The van der Waals surface area contributed by atoms with Crippen LogP contribution in [0.2, 0.25) is 0 Å². The Bertz CT molecular complexity index is 127. The van der Waals surface area contributed by atoms with Crippen LogP contribution in [0, 0.1) is 17.3 Å². The second-order valence-corrected chi connectivity index (χ2v) is 5.61. The van der Waals surface area contributed by atoms with Crippen molar-refractivity contribution >= 4 is 0 Å². The van der Waals surface area contributed by atoms with Crippen LogP contribution in [-0.2, 0) is 0 Å². The number of hydrogen-bond donors (Lipinski definition) is 0. The Morgan fingerprint density at radius 2 is 1.67 bits per heavy atom. The largest absolute Gasteiger partial charge is 0.0651 e. The van der Waals surface area contributed by atoms with Crippen LogP contribution in [0.3, 0.4) is 0 Å². The molecular weight excluding hydrogens is 144 g/mol. The van der Waals surface area contributed by atoms with Gasteiger partial charge in [0.25, 0.3) is 0 Å². The first-order chi connectivity index (χ1) is 5.53. The van der Waals surface area contributed by atoms with E-state index >= 15 is 0 Å². The van der Waals surface area contributed by atoms with Gasteiger partial charge >= 0.3 is 0 Å². The molecule has 0 heteroatoms. The van der Waals surface area contributed by atoms with Crippen molar-refractivity contribution in [2.45, 2.75) is 59.8 Å². The molecule has 1 rings (SSSR count). The van der Waals surface area contributed by atoms with Gasteiger partial charge in [0.15, 0.2) is 0 Å². The van der Waals surface area contributed by atoms with Gasteiger partial charge in [-0.1, -0.05) is 34.1 Å². The predicted octanol–water partition coefficient (Wildman–Crippen LogP) is 4.25. The summed E-state index contributed by atoms with van der Waals surface area (Å²) in [6.07, 6.45) is 7.31. The van der Waals surface area contributed by atoms with E-state index in [4.69, 9.17) is 0 Å². The Morgan fingerprint density at radius 3 is 2.00 bits per heavy atom. The van der Waals surface area contributed by atoms with Crippen LogP contribution >= 0.6 is 0 Å². The molecule has 0 aromatic carbocycles. The molecule has 12 heavy (non-hydrogen) atoms. The van der Waals surface area contributed by atoms with Crippen molar-refractivity contribution in [2.75, 3.05) is 0 Å². The molecule has 1 saturated carbocycles. The molecule has 2 unspecified atom stereocenters. The molecule has 1 fully saturated rings. The van der Waals surface area contributed by atoms with Gasteiger partial charge in [-0.2, -0.15) is 0 Å². The van der Waals surface area contributed by atoms with Gasteiger partial charge in [-0.05, 0) is 42.9 Å². The van der Waals surface area contributed by atoms with Crippen LogP contribution in [0.1, 0.15) is 59.8 Å². The first-order valence-corrected chi connectivity index (χ1v) is 5.53. The van der Waals surface area contributed by atoms with Gasteiger partial charge in [0.1, 0.15) is 0 Å². The minimum atomic E-state index is 0.549. The second-order valence-electron chi connectivity index (χ2n) is 5.61. The lowest BCUT2D eigenvalue weighted by molar-refractivity contribution is 0.139. The Labute approximate surface area is 77.7 Å². The van der Waals surface area contributed by atoms with Gasteiger partial charge < -0.3 is 0 Å². The molecule has 2 atom stereocenters. The minimum Gasteiger partial charge on any atom is -0.0651 e. The minimum absolute atomic E-state index is 0.549. The summed E-state index contributed by atoms with van der Waals surface area (Å²) in [5, 5.41) is 0. The second kappa shape index (κ2) is 3.81. The normalized spacial score (nSPS) is 30.0. The molecule has 0 aromatic rings. The van der Waals surface area contributed by atoms with Gasteiger partial charge in [-0.15, -0.1) is 0 Å². The smallest absolute Gasteiger partial charge is 0.0383 e. The van der Waals surface area contributed by atoms with Crippen molar-refractivity contribution in [1.82, 2.24) is 0 Å². The maximum atomic E-state index is 2.35. The third kappa shape index (κ3) is 2.80. The van der Waals surface area contributed by atoms with E-state index in [1.165, 1.54) is 32.1 Å². The van der Waals surface area contributed by atoms with Gasteiger partial charge in [-0.3, -0.25) is 0 Å². The fourth-order valence-electron chi connectivity index (χ4n) is 2.17. The Kier molecular flexibility index (Phi) is 3.20. The molecule has 0 nitrogen and oxygen atoms in total. The van der Waals surface area contributed by atoms with E-state index in [0.717, 1.165) is 11.8 Å². The van der Waals surface area contributed by atoms with Gasteiger partial charge in [0, 0.05) is 0 Å². The number of rotatable bonds is 3. The lowest BCUT2D eigenvalue weighted by atomic mass is 9.68. The van der Waals surface area contributed by atoms with E-state index in [-0.39, 0.29) is 0 Å². The Balaban J connectivity index is 2.16. The summed E-state index contributed by atoms with van der Waals surface area (Å²) in [5.41, 5.74) is 0.549. The molecule has 0 spiro atoms. The zero-order valence-corrected chi connectivity index (χ0v) is 9.19. The average Bonchev–Trinajstić information content (AvgIpc) is 1.83. The summed E-state index contributed by atoms with van der Waals surface area (Å²) in [4.78, 5) is 0. The lowest BCUT2D eigenvalue weighted by Gasteiger charge is -2.37. The van der Waals surface area contributed by atoms with Crippen LogP contribution in [0.25, 0.3) is 0 Å². The summed E-state index contributed by atoms with van der Waals surface area (Å²) in [7, 11) is 0. The fourth-order valence-corrected chi connectivity index (χ4v) is 2.17.